The van der Waals surface area contributed by atoms with Crippen LogP contribution in [0.2, 0.25) is 2.82 Å². The average molecular weight is 155 g/mol. The molecule has 3 amide bonds. The number of amides is 3. The Bertz CT molecular complexity index is 394. The molecule has 56 valence electrons. The van der Waals surface area contributed by atoms with Gasteiger partial charge in [-0.15, -0.1) is 0 Å². The molecule has 11 heavy (non-hydrogen) atoms. The highest BCUT2D eigenvalue weighted by Gasteiger charge is 2.32. The summed E-state index contributed by atoms with van der Waals surface area (Å²) in [4.78, 5) is 29.2. The van der Waals surface area contributed by atoms with Crippen molar-refractivity contribution in [3.63, 3.8) is 0 Å². The van der Waals surface area contributed by atoms with Crippen LogP contribution in [0.1, 0.15) is 1.37 Å². The summed E-state index contributed by atoms with van der Waals surface area (Å²) in [6, 6.07) is -1.22. The average Bonchev–Trinajstić information content (AvgIpc) is 2.55. The van der Waals surface area contributed by atoms with Gasteiger partial charge < -0.3 is 5.31 Å². The number of hydrogen-bond acceptors (Lipinski definition) is 4. The van der Waals surface area contributed by atoms with E-state index in [4.69, 9.17) is 4.19 Å². The molecule has 0 aromatic rings. The van der Waals surface area contributed by atoms with Crippen LogP contribution in [0.15, 0.2) is 9.98 Å². The number of nitrogens with zero attached hydrogens (tertiary/aromatic N) is 2. The Morgan fingerprint density at radius 1 is 1.73 bits per heavy atom. The Labute approximate surface area is 65.7 Å². The van der Waals surface area contributed by atoms with Gasteiger partial charge in [0.25, 0.3) is 5.91 Å². The minimum Gasteiger partial charge on any atom is -0.310 e. The van der Waals surface area contributed by atoms with Crippen molar-refractivity contribution in [3.8, 4) is 0 Å². The van der Waals surface area contributed by atoms with Crippen LogP contribution in [-0.4, -0.2) is 30.1 Å². The molecule has 0 spiro atoms. The first-order chi connectivity index (χ1) is 6.48. The first-order valence-electron chi connectivity index (χ1n) is 4.16. The van der Waals surface area contributed by atoms with Gasteiger partial charge in [0.05, 0.1) is 1.37 Å². The third kappa shape index (κ3) is 0.794. The molecule has 2 aliphatic heterocycles. The summed E-state index contributed by atoms with van der Waals surface area (Å²) < 4.78 is 21.8. The maximum atomic E-state index is 11.2. The molecule has 6 heteroatoms. The molecule has 1 saturated heterocycles. The van der Waals surface area contributed by atoms with Gasteiger partial charge in [-0.3, -0.25) is 10.1 Å². The van der Waals surface area contributed by atoms with Crippen molar-refractivity contribution in [1.29, 1.82) is 0 Å². The summed E-state index contributed by atoms with van der Waals surface area (Å²) >= 11 is 0. The van der Waals surface area contributed by atoms with E-state index in [0.717, 1.165) is 6.34 Å². The second kappa shape index (κ2) is 1.88. The Kier molecular flexibility index (Phi) is 0.616. The highest BCUT2D eigenvalue weighted by Crippen LogP contribution is 2.01. The number of aliphatic imine (C=N–C) groups is 2. The third-order valence-corrected chi connectivity index (χ3v) is 1.18. The van der Waals surface area contributed by atoms with Crippen molar-refractivity contribution in [2.45, 2.75) is 6.14 Å². The molecule has 0 aromatic carbocycles. The molecule has 1 fully saturated rings. The fraction of sp³-hybridized carbons (Fsp3) is 0.200. The van der Waals surface area contributed by atoms with Gasteiger partial charge in [-0.2, -0.15) is 0 Å². The summed E-state index contributed by atoms with van der Waals surface area (Å²) in [5, 5.41) is 0.108. The summed E-state index contributed by atoms with van der Waals surface area (Å²) in [6.45, 7) is 0. The lowest BCUT2D eigenvalue weighted by Gasteiger charge is -2.17. The summed E-state index contributed by atoms with van der Waals surface area (Å²) in [5.41, 5.74) is -0.415. The van der Waals surface area contributed by atoms with Crippen LogP contribution in [-0.2, 0) is 4.79 Å². The number of fused-ring (bicyclic) bond motifs is 1. The molecular weight excluding hydrogens is 148 g/mol. The lowest BCUT2D eigenvalue weighted by molar-refractivity contribution is -0.114. The Morgan fingerprint density at radius 3 is 3.36 bits per heavy atom. The second-order valence-electron chi connectivity index (χ2n) is 1.86. The first kappa shape index (κ1) is 3.61. The van der Waals surface area contributed by atoms with E-state index in [0.29, 0.717) is 0 Å². The lowest BCUT2D eigenvalue weighted by atomic mass is 10.2. The zero-order valence-electron chi connectivity index (χ0n) is 8.18. The van der Waals surface area contributed by atoms with E-state index in [2.05, 4.69) is 9.98 Å². The van der Waals surface area contributed by atoms with E-state index in [1.165, 1.54) is 0 Å². The molecule has 2 N–H and O–H groups in total. The molecule has 2 heterocycles. The van der Waals surface area contributed by atoms with Gasteiger partial charge in [0.2, 0.25) is 0 Å². The van der Waals surface area contributed by atoms with Gasteiger partial charge in [0, 0.05) is 0 Å². The quantitative estimate of drug-likeness (QED) is 0.452. The SMILES string of the molecule is [2H]N1C(=O)C2=NC=NC2([2H])N([2H])C1=O. The van der Waals surface area contributed by atoms with Crippen molar-refractivity contribution in [2.24, 2.45) is 9.98 Å². The van der Waals surface area contributed by atoms with Crippen LogP contribution in [0.4, 0.5) is 4.79 Å². The largest absolute Gasteiger partial charge is 0.323 e. The predicted molar refractivity (Wildman–Crippen MR) is 36.4 cm³/mol. The second-order valence-corrected chi connectivity index (χ2v) is 1.86. The minimum atomic E-state index is -2.12. The minimum absolute atomic E-state index is 0.0205. The molecule has 0 bridgehead atoms. The molecule has 2 aliphatic rings. The maximum absolute atomic E-state index is 11.2. The van der Waals surface area contributed by atoms with Gasteiger partial charge >= 0.3 is 6.03 Å². The number of imide groups is 1. The van der Waals surface area contributed by atoms with Gasteiger partial charge in [-0.05, 0) is 0 Å². The maximum Gasteiger partial charge on any atom is 0.323 e. The van der Waals surface area contributed by atoms with Crippen molar-refractivity contribution in [2.75, 3.05) is 0 Å². The number of hydrogen-bond donors (Lipinski definition) is 2. The van der Waals surface area contributed by atoms with E-state index < -0.39 is 23.8 Å². The number of carbonyl (C=O) groups excluding carboxylic acids is 2. The zero-order chi connectivity index (χ0) is 10.5. The summed E-state index contributed by atoms with van der Waals surface area (Å²) in [7, 11) is 0. The van der Waals surface area contributed by atoms with E-state index >= 15 is 0 Å². The van der Waals surface area contributed by atoms with Crippen LogP contribution in [0.25, 0.3) is 0 Å². The van der Waals surface area contributed by atoms with Crippen LogP contribution in [0.3, 0.4) is 0 Å². The van der Waals surface area contributed by atoms with Crippen molar-refractivity contribution in [3.05, 3.63) is 0 Å². The van der Waals surface area contributed by atoms with Gasteiger partial charge in [0.1, 0.15) is 6.34 Å². The topological polar surface area (TPSA) is 82.9 Å². The number of carbonyl (C=O) groups is 2. The van der Waals surface area contributed by atoms with Crippen LogP contribution in [0, 0.1) is 0 Å². The smallest absolute Gasteiger partial charge is 0.310 e. The number of urea groups is 1. The molecule has 2 rings (SSSR count). The monoisotopic (exact) mass is 155 g/mol. The van der Waals surface area contributed by atoms with E-state index in [-0.39, 0.29) is 10.6 Å². The fourth-order valence-electron chi connectivity index (χ4n) is 0.748. The molecule has 0 aliphatic carbocycles. The number of rotatable bonds is 0. The summed E-state index contributed by atoms with van der Waals surface area (Å²) in [5.74, 6) is -1.02. The molecule has 1 atom stereocenters. The molecule has 0 saturated carbocycles. The highest BCUT2D eigenvalue weighted by atomic mass is 16.2. The predicted octanol–water partition coefficient (Wildman–Crippen LogP) is -1.37. The van der Waals surface area contributed by atoms with Crippen LogP contribution < -0.4 is 10.6 Å². The molecule has 1 unspecified atom stereocenters. The highest BCUT2D eigenvalue weighted by molar-refractivity contribution is 6.46. The van der Waals surface area contributed by atoms with Gasteiger partial charge in [-0.1, -0.05) is 0 Å². The van der Waals surface area contributed by atoms with Crippen molar-refractivity contribution in [1.82, 2.24) is 10.6 Å². The molecule has 0 radical (unpaired) electrons. The van der Waals surface area contributed by atoms with Crippen LogP contribution in [0.5, 0.6) is 0 Å². The van der Waals surface area contributed by atoms with E-state index in [9.17, 15) is 9.59 Å². The molecule has 6 nitrogen and oxygen atoms in total. The molecule has 0 aromatic heterocycles. The Balaban J connectivity index is 2.53. The standard InChI is InChI=1S/C5H4N4O2/c10-4-2-3(7-1-6-2)8-5(11)9-4/h1,3H,(H2,8,9,10,11)/i3D/hD2. The van der Waals surface area contributed by atoms with Crippen molar-refractivity contribution >= 4 is 24.0 Å². The normalized spacial score (nSPS) is 39.6. The van der Waals surface area contributed by atoms with Crippen LogP contribution >= 0.6 is 0 Å². The zero-order valence-corrected chi connectivity index (χ0v) is 5.18. The van der Waals surface area contributed by atoms with Gasteiger partial charge in [0.15, 0.2) is 14.7 Å². The summed E-state index contributed by atoms with van der Waals surface area (Å²) in [6.07, 6.45) is -1.19. The van der Waals surface area contributed by atoms with Crippen molar-refractivity contribution < 1.29 is 13.8 Å². The third-order valence-electron chi connectivity index (χ3n) is 1.18. The lowest BCUT2D eigenvalue weighted by Crippen LogP contribution is -2.57. The molecular formula is C5H4N4O2. The Hall–Kier alpha value is -1.72. The van der Waals surface area contributed by atoms with E-state index in [1.807, 2.05) is 0 Å². The number of nitrogens with one attached hydrogen (secondary N) is 2. The Morgan fingerprint density at radius 2 is 2.55 bits per heavy atom. The van der Waals surface area contributed by atoms with Gasteiger partial charge in [-0.25, -0.2) is 14.8 Å². The fourth-order valence-corrected chi connectivity index (χ4v) is 0.748. The van der Waals surface area contributed by atoms with E-state index in [1.54, 1.807) is 0 Å². The first-order valence-corrected chi connectivity index (χ1v) is 2.77.